The van der Waals surface area contributed by atoms with Gasteiger partial charge >= 0.3 is 0 Å². The van der Waals surface area contributed by atoms with Crippen molar-refractivity contribution in [3.05, 3.63) is 109 Å². The van der Waals surface area contributed by atoms with Gasteiger partial charge in [0.1, 0.15) is 0 Å². The van der Waals surface area contributed by atoms with Crippen LogP contribution in [0.4, 0.5) is 0 Å². The summed E-state index contributed by atoms with van der Waals surface area (Å²) in [5, 5.41) is 23.2. The molecule has 0 fully saturated rings. The van der Waals surface area contributed by atoms with Crippen LogP contribution < -0.4 is 5.32 Å². The predicted octanol–water partition coefficient (Wildman–Crippen LogP) is 21.4. The fourth-order valence-electron chi connectivity index (χ4n) is 9.22. The molecule has 0 bridgehead atoms. The average Bonchev–Trinajstić information content (AvgIpc) is 3.40. The molecule has 0 aliphatic carbocycles. The minimum Gasteiger partial charge on any atom is -0.394 e. The largest absolute Gasteiger partial charge is 0.394 e. The van der Waals surface area contributed by atoms with Crippen molar-refractivity contribution in [2.45, 2.75) is 315 Å². The van der Waals surface area contributed by atoms with Crippen LogP contribution in [0.25, 0.3) is 0 Å². The van der Waals surface area contributed by atoms with E-state index in [9.17, 15) is 15.0 Å². The number of nitrogens with one attached hydrogen (secondary N) is 1. The van der Waals surface area contributed by atoms with E-state index in [1.807, 2.05) is 6.08 Å². The van der Waals surface area contributed by atoms with E-state index in [1.54, 1.807) is 6.08 Å². The lowest BCUT2D eigenvalue weighted by Gasteiger charge is -2.19. The molecule has 420 valence electrons. The van der Waals surface area contributed by atoms with Gasteiger partial charge < -0.3 is 15.5 Å². The van der Waals surface area contributed by atoms with Gasteiger partial charge in [-0.3, -0.25) is 4.79 Å². The SMILES string of the molecule is CC/C=C\C/C=C\C/C=C\C/C=C\C/C=C\C/C=C\CCCCCCCCCCCCCCCCCCCCCCC(=O)NC(CO)C(O)/C=C/CC/C=C/CC/C=C/CCCCCCCCCCCCCC. The molecule has 4 heteroatoms. The lowest BCUT2D eigenvalue weighted by Crippen LogP contribution is -2.45. The maximum Gasteiger partial charge on any atom is 0.220 e. The second-order valence-electron chi connectivity index (χ2n) is 21.1. The van der Waals surface area contributed by atoms with Gasteiger partial charge in [0.2, 0.25) is 5.91 Å². The minimum absolute atomic E-state index is 0.0766. The first kappa shape index (κ1) is 70.1. The predicted molar refractivity (Wildman–Crippen MR) is 326 cm³/mol. The van der Waals surface area contributed by atoms with Crippen LogP contribution in [-0.2, 0) is 4.79 Å². The number of hydrogen-bond donors (Lipinski definition) is 3. The summed E-state index contributed by atoms with van der Waals surface area (Å²) in [7, 11) is 0. The second kappa shape index (κ2) is 63.3. The number of allylic oxidation sites excluding steroid dienone is 17. The van der Waals surface area contributed by atoms with E-state index in [1.165, 1.54) is 205 Å². The van der Waals surface area contributed by atoms with Crippen molar-refractivity contribution in [2.24, 2.45) is 0 Å². The van der Waals surface area contributed by atoms with Crippen LogP contribution >= 0.6 is 0 Å². The molecule has 0 aromatic heterocycles. The molecule has 0 saturated heterocycles. The van der Waals surface area contributed by atoms with Gasteiger partial charge in [-0.2, -0.15) is 0 Å². The zero-order valence-electron chi connectivity index (χ0n) is 48.4. The van der Waals surface area contributed by atoms with E-state index in [4.69, 9.17) is 0 Å². The Balaban J connectivity index is 3.52. The molecule has 0 aliphatic heterocycles. The molecule has 73 heavy (non-hydrogen) atoms. The van der Waals surface area contributed by atoms with Crippen LogP contribution in [-0.4, -0.2) is 34.9 Å². The highest BCUT2D eigenvalue weighted by Gasteiger charge is 2.18. The third-order valence-electron chi connectivity index (χ3n) is 14.0. The number of aliphatic hydroxyl groups excluding tert-OH is 2. The van der Waals surface area contributed by atoms with Crippen molar-refractivity contribution >= 4 is 5.91 Å². The quantitative estimate of drug-likeness (QED) is 0.0420. The third-order valence-corrected chi connectivity index (χ3v) is 14.0. The first-order valence-electron chi connectivity index (χ1n) is 31.6. The summed E-state index contributed by atoms with van der Waals surface area (Å²) in [6.07, 6.45) is 95.7. The molecule has 0 heterocycles. The van der Waals surface area contributed by atoms with Crippen LogP contribution in [0.1, 0.15) is 303 Å². The van der Waals surface area contributed by atoms with Crippen LogP contribution in [0.5, 0.6) is 0 Å². The first-order chi connectivity index (χ1) is 36.2. The Morgan fingerprint density at radius 1 is 0.342 bits per heavy atom. The number of unbranched alkanes of at least 4 members (excludes halogenated alkanes) is 34. The van der Waals surface area contributed by atoms with Crippen LogP contribution in [0, 0.1) is 0 Å². The van der Waals surface area contributed by atoms with Crippen molar-refractivity contribution in [1.29, 1.82) is 0 Å². The maximum atomic E-state index is 12.5. The van der Waals surface area contributed by atoms with E-state index in [2.05, 4.69) is 116 Å². The van der Waals surface area contributed by atoms with E-state index in [0.717, 1.165) is 77.0 Å². The van der Waals surface area contributed by atoms with Gasteiger partial charge in [-0.05, 0) is 96.3 Å². The Labute approximate surface area is 455 Å². The Hall–Kier alpha value is -2.95. The summed E-state index contributed by atoms with van der Waals surface area (Å²) >= 11 is 0. The molecule has 0 spiro atoms. The number of rotatable bonds is 57. The third kappa shape index (κ3) is 59.8. The first-order valence-corrected chi connectivity index (χ1v) is 31.6. The maximum absolute atomic E-state index is 12.5. The van der Waals surface area contributed by atoms with Crippen molar-refractivity contribution in [3.8, 4) is 0 Å². The van der Waals surface area contributed by atoms with Gasteiger partial charge in [-0.25, -0.2) is 0 Å². The summed E-state index contributed by atoms with van der Waals surface area (Å²) in [6, 6.07) is -0.650. The van der Waals surface area contributed by atoms with Crippen LogP contribution in [0.3, 0.4) is 0 Å². The Bertz CT molecular complexity index is 1380. The lowest BCUT2D eigenvalue weighted by molar-refractivity contribution is -0.123. The van der Waals surface area contributed by atoms with Crippen LogP contribution in [0.2, 0.25) is 0 Å². The number of amides is 1. The molecule has 0 aliphatic rings. The zero-order valence-corrected chi connectivity index (χ0v) is 48.4. The van der Waals surface area contributed by atoms with Crippen molar-refractivity contribution < 1.29 is 15.0 Å². The van der Waals surface area contributed by atoms with Crippen molar-refractivity contribution in [1.82, 2.24) is 5.32 Å². The number of hydrogen-bond acceptors (Lipinski definition) is 3. The Kier molecular flexibility index (Phi) is 60.8. The van der Waals surface area contributed by atoms with E-state index >= 15 is 0 Å². The van der Waals surface area contributed by atoms with Gasteiger partial charge in [-0.15, -0.1) is 0 Å². The molecule has 2 atom stereocenters. The lowest BCUT2D eigenvalue weighted by atomic mass is 10.0. The highest BCUT2D eigenvalue weighted by molar-refractivity contribution is 5.76. The standard InChI is InChI=1S/C69H121NO3/c1-3-5-7-9-11-13-15-17-19-21-23-25-27-28-29-30-31-32-33-34-35-36-37-38-39-40-41-42-43-45-47-49-51-53-55-57-59-61-63-65-69(73)70-67(66-71)68(72)64-62-60-58-56-54-52-50-48-46-44-26-24-22-20-18-16-14-12-10-8-6-4-2/h5,7,11,13,17,19,23,25,28-29,31-32,46,48,54,56,62,64,67-68,71-72H,3-4,6,8-10,12,14-16,18,20-22,24,26-27,30,33-45,47,49-53,55,57-61,63,65-66H2,1-2H3,(H,70,73)/b7-5-,13-11-,19-17-,25-23-,29-28-,32-31-,48-46+,56-54+,64-62+. The fourth-order valence-corrected chi connectivity index (χ4v) is 9.22. The summed E-state index contributed by atoms with van der Waals surface area (Å²) < 4.78 is 0. The molecule has 0 aromatic rings. The Morgan fingerprint density at radius 2 is 0.616 bits per heavy atom. The minimum atomic E-state index is -0.875. The number of carbonyl (C=O) groups excluding carboxylic acids is 1. The molecular formula is C69H121NO3. The second-order valence-corrected chi connectivity index (χ2v) is 21.1. The fraction of sp³-hybridized carbons (Fsp3) is 0.725. The highest BCUT2D eigenvalue weighted by Crippen LogP contribution is 2.17. The molecule has 0 radical (unpaired) electrons. The van der Waals surface area contributed by atoms with Crippen molar-refractivity contribution in [2.75, 3.05) is 6.61 Å². The smallest absolute Gasteiger partial charge is 0.220 e. The number of carbonyl (C=O) groups is 1. The van der Waals surface area contributed by atoms with Gasteiger partial charge in [-0.1, -0.05) is 309 Å². The van der Waals surface area contributed by atoms with E-state index < -0.39 is 12.1 Å². The molecule has 0 rings (SSSR count). The monoisotopic (exact) mass is 1010 g/mol. The van der Waals surface area contributed by atoms with Crippen LogP contribution in [0.15, 0.2) is 109 Å². The molecular weight excluding hydrogens is 891 g/mol. The van der Waals surface area contributed by atoms with Gasteiger partial charge in [0.15, 0.2) is 0 Å². The summed E-state index contributed by atoms with van der Waals surface area (Å²) in [6.45, 7) is 4.19. The van der Waals surface area contributed by atoms with E-state index in [0.29, 0.717) is 6.42 Å². The Morgan fingerprint density at radius 3 is 0.959 bits per heavy atom. The van der Waals surface area contributed by atoms with Gasteiger partial charge in [0.05, 0.1) is 18.8 Å². The molecule has 4 nitrogen and oxygen atoms in total. The summed E-state index contributed by atoms with van der Waals surface area (Å²) in [5.74, 6) is -0.0766. The topological polar surface area (TPSA) is 69.6 Å². The number of aliphatic hydroxyl groups is 2. The molecule has 0 saturated carbocycles. The van der Waals surface area contributed by atoms with Gasteiger partial charge in [0.25, 0.3) is 0 Å². The normalized spacial score (nSPS) is 13.5. The van der Waals surface area contributed by atoms with Gasteiger partial charge in [0, 0.05) is 6.42 Å². The summed E-state index contributed by atoms with van der Waals surface area (Å²) in [4.78, 5) is 12.5. The molecule has 1 amide bonds. The summed E-state index contributed by atoms with van der Waals surface area (Å²) in [5.41, 5.74) is 0. The van der Waals surface area contributed by atoms with E-state index in [-0.39, 0.29) is 12.5 Å². The molecule has 3 N–H and O–H groups in total. The van der Waals surface area contributed by atoms with Crippen molar-refractivity contribution in [3.63, 3.8) is 0 Å². The average molecular weight is 1010 g/mol. The molecule has 0 aromatic carbocycles. The molecule has 2 unspecified atom stereocenters. The highest BCUT2D eigenvalue weighted by atomic mass is 16.3. The zero-order chi connectivity index (χ0) is 52.7.